The average Bonchev–Trinajstić information content (AvgIpc) is 2.58. The molecule has 2 atom stereocenters. The Labute approximate surface area is 147 Å². The zero-order chi connectivity index (χ0) is 17.6. The Hall–Kier alpha value is -0.660. The van der Waals surface area contributed by atoms with Crippen LogP contribution >= 0.6 is 0 Å². The molecule has 0 spiro atoms. The normalized spacial score (nSPS) is 27.1. The first-order chi connectivity index (χ1) is 11.4. The van der Waals surface area contributed by atoms with Crippen molar-refractivity contribution in [1.82, 2.24) is 9.62 Å². The predicted molar refractivity (Wildman–Crippen MR) is 95.4 cm³/mol. The van der Waals surface area contributed by atoms with Gasteiger partial charge in [0.05, 0.1) is 25.4 Å². The van der Waals surface area contributed by atoms with Gasteiger partial charge in [-0.05, 0) is 38.5 Å². The van der Waals surface area contributed by atoms with Crippen molar-refractivity contribution in [2.75, 3.05) is 39.0 Å². The van der Waals surface area contributed by atoms with Gasteiger partial charge in [-0.2, -0.15) is 0 Å². The molecule has 0 aromatic heterocycles. The lowest BCUT2D eigenvalue weighted by Crippen LogP contribution is -3.16. The molecule has 2 N–H and O–H groups in total. The molecular weight excluding hydrogens is 326 g/mol. The molecule has 2 aliphatic heterocycles. The van der Waals surface area contributed by atoms with Crippen LogP contribution in [0.2, 0.25) is 0 Å². The summed E-state index contributed by atoms with van der Waals surface area (Å²) in [5.74, 6) is 0.0672. The summed E-state index contributed by atoms with van der Waals surface area (Å²) in [6.45, 7) is 6.37. The highest BCUT2D eigenvalue weighted by Crippen LogP contribution is 2.19. The van der Waals surface area contributed by atoms with Gasteiger partial charge in [0.25, 0.3) is 0 Å². The Morgan fingerprint density at radius 3 is 2.54 bits per heavy atom. The highest BCUT2D eigenvalue weighted by molar-refractivity contribution is 7.88. The minimum Gasteiger partial charge on any atom is -0.356 e. The van der Waals surface area contributed by atoms with Crippen molar-refractivity contribution in [1.29, 1.82) is 0 Å². The van der Waals surface area contributed by atoms with E-state index in [0.29, 0.717) is 25.9 Å². The maximum absolute atomic E-state index is 12.2. The van der Waals surface area contributed by atoms with Crippen molar-refractivity contribution >= 4 is 15.9 Å². The van der Waals surface area contributed by atoms with Crippen LogP contribution in [0.25, 0.3) is 0 Å². The van der Waals surface area contributed by atoms with Crippen molar-refractivity contribution in [3.05, 3.63) is 0 Å². The molecule has 2 fully saturated rings. The zero-order valence-electron chi connectivity index (χ0n) is 15.2. The molecule has 1 amide bonds. The third kappa shape index (κ3) is 5.70. The summed E-state index contributed by atoms with van der Waals surface area (Å²) in [4.78, 5) is 13.9. The first kappa shape index (κ1) is 19.7. The number of nitrogens with one attached hydrogen (secondary N) is 2. The lowest BCUT2D eigenvalue weighted by molar-refractivity contribution is -0.930. The van der Waals surface area contributed by atoms with E-state index in [1.54, 1.807) is 4.90 Å². The molecular formula is C17H34N3O3S+. The van der Waals surface area contributed by atoms with E-state index < -0.39 is 10.0 Å². The van der Waals surface area contributed by atoms with Crippen molar-refractivity contribution in [3.63, 3.8) is 0 Å². The van der Waals surface area contributed by atoms with Gasteiger partial charge in [-0.15, -0.1) is 0 Å². The largest absolute Gasteiger partial charge is 0.356 e. The number of nitrogens with zero attached hydrogens (tertiary/aromatic N) is 1. The molecule has 0 radical (unpaired) electrons. The maximum Gasteiger partial charge on any atom is 0.223 e. The van der Waals surface area contributed by atoms with Crippen LogP contribution in [0.5, 0.6) is 0 Å². The van der Waals surface area contributed by atoms with Crippen molar-refractivity contribution < 1.29 is 18.1 Å². The van der Waals surface area contributed by atoms with Crippen LogP contribution in [0.1, 0.15) is 51.9 Å². The minimum absolute atomic E-state index is 0.0336. The fourth-order valence-electron chi connectivity index (χ4n) is 4.09. The molecule has 0 aromatic rings. The first-order valence-electron chi connectivity index (χ1n) is 9.49. The molecule has 0 saturated carbocycles. The Balaban J connectivity index is 1.63. The van der Waals surface area contributed by atoms with Gasteiger partial charge in [0.1, 0.15) is 0 Å². The van der Waals surface area contributed by atoms with E-state index in [1.807, 2.05) is 0 Å². The summed E-state index contributed by atoms with van der Waals surface area (Å²) in [7, 11) is -3.12. The highest BCUT2D eigenvalue weighted by Gasteiger charge is 2.29. The topological polar surface area (TPSA) is 70.9 Å². The predicted octanol–water partition coefficient (Wildman–Crippen LogP) is 0.0117. The van der Waals surface area contributed by atoms with Crippen LogP contribution in [0, 0.1) is 5.92 Å². The van der Waals surface area contributed by atoms with Gasteiger partial charge >= 0.3 is 0 Å². The standard InChI is InChI=1S/C17H33N3O3S/c1-3-16-7-4-5-11-19(16)12-6-10-18-17(21)15-8-13-20(14-9-15)24(2,22)23/h15-16H,3-14H2,1-2H3,(H,18,21)/p+1. The molecule has 2 heterocycles. The molecule has 6 nitrogen and oxygen atoms in total. The van der Waals surface area contributed by atoms with Crippen LogP contribution in [0.15, 0.2) is 0 Å². The maximum atomic E-state index is 12.2. The van der Waals surface area contributed by atoms with Gasteiger partial charge < -0.3 is 10.2 Å². The van der Waals surface area contributed by atoms with E-state index in [9.17, 15) is 13.2 Å². The fraction of sp³-hybridized carbons (Fsp3) is 0.941. The quantitative estimate of drug-likeness (QED) is 0.629. The number of quaternary nitrogens is 1. The second-order valence-corrected chi connectivity index (χ2v) is 9.32. The number of hydrogen-bond donors (Lipinski definition) is 2. The van der Waals surface area contributed by atoms with Gasteiger partial charge in [-0.3, -0.25) is 4.79 Å². The highest BCUT2D eigenvalue weighted by atomic mass is 32.2. The molecule has 2 aliphatic rings. The van der Waals surface area contributed by atoms with Gasteiger partial charge in [0, 0.05) is 32.0 Å². The Bertz CT molecular complexity index is 501. The number of hydrogen-bond acceptors (Lipinski definition) is 3. The molecule has 0 aliphatic carbocycles. The zero-order valence-corrected chi connectivity index (χ0v) is 16.0. The summed E-state index contributed by atoms with van der Waals surface area (Å²) in [6.07, 6.45) is 8.82. The van der Waals surface area contributed by atoms with Crippen LogP contribution in [-0.2, 0) is 14.8 Å². The third-order valence-corrected chi connectivity index (χ3v) is 6.94. The molecule has 7 heteroatoms. The van der Waals surface area contributed by atoms with Crippen LogP contribution < -0.4 is 10.2 Å². The molecule has 2 rings (SSSR count). The van der Waals surface area contributed by atoms with Crippen molar-refractivity contribution in [2.24, 2.45) is 5.92 Å². The van der Waals surface area contributed by atoms with E-state index in [1.165, 1.54) is 42.8 Å². The average molecular weight is 361 g/mol. The molecule has 0 bridgehead atoms. The minimum atomic E-state index is -3.12. The second-order valence-electron chi connectivity index (χ2n) is 7.34. The molecule has 140 valence electrons. The Kier molecular flexibility index (Phi) is 7.50. The number of piperidine rings is 2. The van der Waals surface area contributed by atoms with E-state index in [4.69, 9.17) is 0 Å². The van der Waals surface area contributed by atoms with Crippen LogP contribution in [0.3, 0.4) is 0 Å². The number of amides is 1. The summed E-state index contributed by atoms with van der Waals surface area (Å²) in [6, 6.07) is 0.801. The van der Waals surface area contributed by atoms with Gasteiger partial charge in [-0.1, -0.05) is 6.92 Å². The van der Waals surface area contributed by atoms with Crippen LogP contribution in [0.4, 0.5) is 0 Å². The number of carbonyl (C=O) groups excluding carboxylic acids is 1. The summed E-state index contributed by atoms with van der Waals surface area (Å²) >= 11 is 0. The molecule has 2 saturated heterocycles. The number of sulfonamides is 1. The SMILES string of the molecule is CCC1CCCC[NH+]1CCCNC(=O)C1CCN(S(C)(=O)=O)CC1. The monoisotopic (exact) mass is 360 g/mol. The lowest BCUT2D eigenvalue weighted by atomic mass is 9.97. The van der Waals surface area contributed by atoms with Gasteiger partial charge in [0.2, 0.25) is 15.9 Å². The number of likely N-dealkylation sites (tertiary alicyclic amines) is 1. The smallest absolute Gasteiger partial charge is 0.223 e. The van der Waals surface area contributed by atoms with E-state index in [-0.39, 0.29) is 11.8 Å². The Morgan fingerprint density at radius 1 is 1.21 bits per heavy atom. The third-order valence-electron chi connectivity index (χ3n) is 5.64. The molecule has 0 aromatic carbocycles. The van der Waals surface area contributed by atoms with E-state index in [2.05, 4.69) is 12.2 Å². The molecule has 2 unspecified atom stereocenters. The lowest BCUT2D eigenvalue weighted by Gasteiger charge is -2.32. The van der Waals surface area contributed by atoms with E-state index in [0.717, 1.165) is 25.6 Å². The summed E-state index contributed by atoms with van der Waals surface area (Å²) in [5, 5.41) is 3.06. The molecule has 24 heavy (non-hydrogen) atoms. The van der Waals surface area contributed by atoms with E-state index >= 15 is 0 Å². The first-order valence-corrected chi connectivity index (χ1v) is 11.3. The van der Waals surface area contributed by atoms with Gasteiger partial charge in [0.15, 0.2) is 0 Å². The van der Waals surface area contributed by atoms with Crippen molar-refractivity contribution in [3.8, 4) is 0 Å². The fourth-order valence-corrected chi connectivity index (χ4v) is 4.97. The van der Waals surface area contributed by atoms with Crippen LogP contribution in [-0.4, -0.2) is 63.7 Å². The number of rotatable bonds is 7. The second kappa shape index (κ2) is 9.15. The summed E-state index contributed by atoms with van der Waals surface area (Å²) in [5.41, 5.74) is 0. The van der Waals surface area contributed by atoms with Gasteiger partial charge in [-0.25, -0.2) is 12.7 Å². The Morgan fingerprint density at radius 2 is 1.92 bits per heavy atom. The summed E-state index contributed by atoms with van der Waals surface area (Å²) < 4.78 is 24.5. The van der Waals surface area contributed by atoms with Crippen molar-refractivity contribution in [2.45, 2.75) is 57.9 Å². The number of carbonyl (C=O) groups is 1.